The van der Waals surface area contributed by atoms with Crippen LogP contribution in [0.2, 0.25) is 0 Å². The van der Waals surface area contributed by atoms with Gasteiger partial charge in [0, 0.05) is 12.6 Å². The minimum Gasteiger partial charge on any atom is -0.497 e. The molecule has 0 unspecified atom stereocenters. The van der Waals surface area contributed by atoms with Crippen molar-refractivity contribution in [2.45, 2.75) is 6.92 Å². The van der Waals surface area contributed by atoms with E-state index in [2.05, 4.69) is 6.58 Å². The van der Waals surface area contributed by atoms with E-state index in [-0.39, 0.29) is 5.91 Å². The Balaban J connectivity index is 2.38. The van der Waals surface area contributed by atoms with Crippen molar-refractivity contribution >= 4 is 17.9 Å². The van der Waals surface area contributed by atoms with Crippen LogP contribution in [0.4, 0.5) is 0 Å². The van der Waals surface area contributed by atoms with Crippen LogP contribution in [0.3, 0.4) is 0 Å². The van der Waals surface area contributed by atoms with E-state index in [1.165, 1.54) is 14.2 Å². The van der Waals surface area contributed by atoms with Gasteiger partial charge >= 0.3 is 0 Å². The lowest BCUT2D eigenvalue weighted by molar-refractivity contribution is 0.0655. The summed E-state index contributed by atoms with van der Waals surface area (Å²) in [5, 5.41) is 0. The zero-order valence-corrected chi connectivity index (χ0v) is 13.5. The van der Waals surface area contributed by atoms with E-state index in [0.29, 0.717) is 22.4 Å². The Hall–Kier alpha value is -2.88. The molecule has 2 aromatic rings. The van der Waals surface area contributed by atoms with Gasteiger partial charge in [-0.05, 0) is 36.2 Å². The molecular formula is C19H19NO3. The summed E-state index contributed by atoms with van der Waals surface area (Å²) in [5.74, 6) is -0.186. The number of hydrogen-bond donors (Lipinski definition) is 0. The molecule has 0 atom stereocenters. The summed E-state index contributed by atoms with van der Waals surface area (Å²) in [7, 11) is 3.00. The summed E-state index contributed by atoms with van der Waals surface area (Å²) in [5.41, 5.74) is 2.36. The Labute approximate surface area is 136 Å². The van der Waals surface area contributed by atoms with Crippen LogP contribution in [0.5, 0.6) is 5.75 Å². The number of methoxy groups -OCH3 is 1. The van der Waals surface area contributed by atoms with Gasteiger partial charge in [-0.3, -0.25) is 14.5 Å². The van der Waals surface area contributed by atoms with E-state index < -0.39 is 5.91 Å². The Morgan fingerprint density at radius 2 is 1.74 bits per heavy atom. The maximum atomic E-state index is 12.7. The van der Waals surface area contributed by atoms with E-state index in [1.54, 1.807) is 36.4 Å². The average molecular weight is 309 g/mol. The van der Waals surface area contributed by atoms with E-state index in [1.807, 2.05) is 19.1 Å². The van der Waals surface area contributed by atoms with Crippen LogP contribution in [0.25, 0.3) is 6.08 Å². The van der Waals surface area contributed by atoms with Gasteiger partial charge < -0.3 is 4.74 Å². The molecule has 2 rings (SSSR count). The lowest BCUT2D eigenvalue weighted by Gasteiger charge is -2.18. The molecule has 118 valence electrons. The van der Waals surface area contributed by atoms with Crippen molar-refractivity contribution in [2.24, 2.45) is 0 Å². The van der Waals surface area contributed by atoms with Gasteiger partial charge in [-0.25, -0.2) is 0 Å². The van der Waals surface area contributed by atoms with Crippen molar-refractivity contribution < 1.29 is 14.3 Å². The standard InChI is InChI=1S/C19H19NO3/c1-5-14-10-11-15(23-4)12-17(14)19(22)20(3)18(21)16-9-7-6-8-13(16)2/h5-12H,1H2,2-4H3. The van der Waals surface area contributed by atoms with Crippen LogP contribution in [-0.2, 0) is 0 Å². The highest BCUT2D eigenvalue weighted by Crippen LogP contribution is 2.21. The van der Waals surface area contributed by atoms with Gasteiger partial charge in [0.2, 0.25) is 0 Å². The molecule has 0 fully saturated rings. The zero-order valence-electron chi connectivity index (χ0n) is 13.5. The van der Waals surface area contributed by atoms with Crippen LogP contribution >= 0.6 is 0 Å². The van der Waals surface area contributed by atoms with Crippen molar-refractivity contribution in [3.63, 3.8) is 0 Å². The third kappa shape index (κ3) is 3.31. The topological polar surface area (TPSA) is 46.6 Å². The molecule has 0 saturated heterocycles. The Bertz CT molecular complexity index is 765. The highest BCUT2D eigenvalue weighted by atomic mass is 16.5. The van der Waals surface area contributed by atoms with E-state index in [0.717, 1.165) is 10.5 Å². The Morgan fingerprint density at radius 3 is 2.35 bits per heavy atom. The molecule has 0 aliphatic rings. The summed E-state index contributed by atoms with van der Waals surface area (Å²) >= 11 is 0. The van der Waals surface area contributed by atoms with Crippen LogP contribution in [0.1, 0.15) is 31.8 Å². The zero-order chi connectivity index (χ0) is 17.0. The highest BCUT2D eigenvalue weighted by molar-refractivity contribution is 6.11. The normalized spacial score (nSPS) is 10.0. The number of benzene rings is 2. The second kappa shape index (κ2) is 6.92. The lowest BCUT2D eigenvalue weighted by Crippen LogP contribution is -2.34. The minimum atomic E-state index is -0.396. The summed E-state index contributed by atoms with van der Waals surface area (Å²) < 4.78 is 5.16. The van der Waals surface area contributed by atoms with E-state index in [4.69, 9.17) is 4.74 Å². The number of imide groups is 1. The first-order valence-electron chi connectivity index (χ1n) is 7.18. The summed E-state index contributed by atoms with van der Waals surface area (Å²) in [6, 6.07) is 12.3. The predicted octanol–water partition coefficient (Wildman–Crippen LogP) is 3.56. The largest absolute Gasteiger partial charge is 0.497 e. The molecule has 2 aromatic carbocycles. The quantitative estimate of drug-likeness (QED) is 0.811. The Kier molecular flexibility index (Phi) is 4.96. The number of nitrogens with zero attached hydrogens (tertiary/aromatic N) is 1. The number of aryl methyl sites for hydroxylation is 1. The molecule has 4 nitrogen and oxygen atoms in total. The fourth-order valence-electron chi connectivity index (χ4n) is 2.29. The van der Waals surface area contributed by atoms with Crippen molar-refractivity contribution in [2.75, 3.05) is 14.2 Å². The summed E-state index contributed by atoms with van der Waals surface area (Å²) in [6.07, 6.45) is 1.58. The molecule has 0 spiro atoms. The fraction of sp³-hybridized carbons (Fsp3) is 0.158. The first kappa shape index (κ1) is 16.5. The molecule has 0 N–H and O–H groups in total. The molecule has 0 radical (unpaired) electrons. The molecule has 23 heavy (non-hydrogen) atoms. The second-order valence-corrected chi connectivity index (χ2v) is 5.14. The lowest BCUT2D eigenvalue weighted by atomic mass is 10.0. The van der Waals surface area contributed by atoms with Gasteiger partial charge in [0.15, 0.2) is 0 Å². The van der Waals surface area contributed by atoms with Gasteiger partial charge in [0.25, 0.3) is 11.8 Å². The molecule has 0 saturated carbocycles. The second-order valence-electron chi connectivity index (χ2n) is 5.14. The van der Waals surface area contributed by atoms with Crippen molar-refractivity contribution in [3.8, 4) is 5.75 Å². The molecule has 2 amide bonds. The van der Waals surface area contributed by atoms with Gasteiger partial charge in [-0.1, -0.05) is 36.9 Å². The fourth-order valence-corrected chi connectivity index (χ4v) is 2.29. The molecular weight excluding hydrogens is 290 g/mol. The summed E-state index contributed by atoms with van der Waals surface area (Å²) in [6.45, 7) is 5.55. The molecule has 0 aliphatic carbocycles. The number of ether oxygens (including phenoxy) is 1. The number of carbonyl (C=O) groups excluding carboxylic acids is 2. The number of amides is 2. The van der Waals surface area contributed by atoms with Crippen molar-refractivity contribution in [1.82, 2.24) is 4.90 Å². The van der Waals surface area contributed by atoms with Gasteiger partial charge in [-0.15, -0.1) is 0 Å². The Morgan fingerprint density at radius 1 is 1.09 bits per heavy atom. The molecule has 0 bridgehead atoms. The first-order chi connectivity index (χ1) is 11.0. The third-order valence-electron chi connectivity index (χ3n) is 3.70. The van der Waals surface area contributed by atoms with Gasteiger partial charge in [-0.2, -0.15) is 0 Å². The monoisotopic (exact) mass is 309 g/mol. The van der Waals surface area contributed by atoms with Crippen molar-refractivity contribution in [3.05, 3.63) is 71.3 Å². The first-order valence-corrected chi connectivity index (χ1v) is 7.18. The molecule has 0 aliphatic heterocycles. The number of rotatable bonds is 4. The molecule has 0 aromatic heterocycles. The third-order valence-corrected chi connectivity index (χ3v) is 3.70. The van der Waals surface area contributed by atoms with Crippen LogP contribution in [0.15, 0.2) is 49.0 Å². The smallest absolute Gasteiger partial charge is 0.261 e. The SMILES string of the molecule is C=Cc1ccc(OC)cc1C(=O)N(C)C(=O)c1ccccc1C. The molecule has 0 heterocycles. The summed E-state index contributed by atoms with van der Waals surface area (Å²) in [4.78, 5) is 26.4. The van der Waals surface area contributed by atoms with E-state index >= 15 is 0 Å². The molecule has 4 heteroatoms. The van der Waals surface area contributed by atoms with Crippen LogP contribution < -0.4 is 4.74 Å². The average Bonchev–Trinajstić information content (AvgIpc) is 2.59. The number of hydrogen-bond acceptors (Lipinski definition) is 3. The predicted molar refractivity (Wildman–Crippen MR) is 90.7 cm³/mol. The number of carbonyl (C=O) groups is 2. The van der Waals surface area contributed by atoms with Crippen LogP contribution in [0, 0.1) is 6.92 Å². The maximum Gasteiger partial charge on any atom is 0.261 e. The van der Waals surface area contributed by atoms with Gasteiger partial charge in [0.05, 0.1) is 12.7 Å². The maximum absolute atomic E-state index is 12.7. The van der Waals surface area contributed by atoms with Crippen molar-refractivity contribution in [1.29, 1.82) is 0 Å². The van der Waals surface area contributed by atoms with E-state index in [9.17, 15) is 9.59 Å². The van der Waals surface area contributed by atoms with Gasteiger partial charge in [0.1, 0.15) is 5.75 Å². The van der Waals surface area contributed by atoms with Crippen LogP contribution in [-0.4, -0.2) is 30.9 Å². The minimum absolute atomic E-state index is 0.342. The highest BCUT2D eigenvalue weighted by Gasteiger charge is 2.23.